The Kier molecular flexibility index (Phi) is 3.87. The number of carbonyl (C=O) groups is 1. The summed E-state index contributed by atoms with van der Waals surface area (Å²) in [4.78, 5) is 23.9. The van der Waals surface area contributed by atoms with Gasteiger partial charge >= 0.3 is 0 Å². The van der Waals surface area contributed by atoms with Crippen LogP contribution in [0.1, 0.15) is 28.9 Å². The quantitative estimate of drug-likeness (QED) is 0.920. The molecule has 4 heterocycles. The molecule has 0 saturated carbocycles. The predicted octanol–water partition coefficient (Wildman–Crippen LogP) is 2.42. The van der Waals surface area contributed by atoms with Crippen LogP contribution in [0.15, 0.2) is 30.7 Å². The fourth-order valence-corrected chi connectivity index (χ4v) is 4.45. The van der Waals surface area contributed by atoms with Crippen LogP contribution in [0.4, 0.5) is 0 Å². The fraction of sp³-hybridized carbons (Fsp3) is 0.471. The van der Waals surface area contributed by atoms with Crippen molar-refractivity contribution in [2.75, 3.05) is 26.2 Å². The predicted molar refractivity (Wildman–Crippen MR) is 90.4 cm³/mol. The van der Waals surface area contributed by atoms with Crippen LogP contribution >= 0.6 is 11.3 Å². The van der Waals surface area contributed by atoms with Gasteiger partial charge < -0.3 is 10.2 Å². The first-order chi connectivity index (χ1) is 11.3. The standard InChI is InChI=1S/C17H20N4OS/c22-16(21-9-4-17(5-10-21)3-8-19-12-17)14-11-20-15(23-14)13-1-6-18-7-2-13/h1-2,6-7,11,19H,3-5,8-10,12H2. The van der Waals surface area contributed by atoms with Gasteiger partial charge in [0.1, 0.15) is 9.88 Å². The minimum Gasteiger partial charge on any atom is -0.338 e. The minimum absolute atomic E-state index is 0.128. The van der Waals surface area contributed by atoms with Gasteiger partial charge in [-0.1, -0.05) is 0 Å². The molecule has 2 fully saturated rings. The first-order valence-electron chi connectivity index (χ1n) is 8.12. The largest absolute Gasteiger partial charge is 0.338 e. The molecule has 120 valence electrons. The van der Waals surface area contributed by atoms with E-state index in [1.165, 1.54) is 17.8 Å². The summed E-state index contributed by atoms with van der Waals surface area (Å²) >= 11 is 1.47. The fourth-order valence-electron chi connectivity index (χ4n) is 3.56. The summed E-state index contributed by atoms with van der Waals surface area (Å²) < 4.78 is 0. The van der Waals surface area contributed by atoms with Crippen LogP contribution in [-0.4, -0.2) is 47.0 Å². The van der Waals surface area contributed by atoms with Gasteiger partial charge in [-0.25, -0.2) is 4.98 Å². The smallest absolute Gasteiger partial charge is 0.265 e. The SMILES string of the molecule is O=C(c1cnc(-c2ccncc2)s1)N1CCC2(CCNC2)CC1. The van der Waals surface area contributed by atoms with Crippen molar-refractivity contribution >= 4 is 17.2 Å². The second-order valence-electron chi connectivity index (χ2n) is 6.48. The first-order valence-corrected chi connectivity index (χ1v) is 8.94. The lowest BCUT2D eigenvalue weighted by Gasteiger charge is -2.38. The van der Waals surface area contributed by atoms with Crippen LogP contribution < -0.4 is 5.32 Å². The zero-order valence-electron chi connectivity index (χ0n) is 13.0. The van der Waals surface area contributed by atoms with Gasteiger partial charge in [-0.05, 0) is 43.4 Å². The highest BCUT2D eigenvalue weighted by Gasteiger charge is 2.38. The van der Waals surface area contributed by atoms with Crippen molar-refractivity contribution in [1.29, 1.82) is 0 Å². The second-order valence-corrected chi connectivity index (χ2v) is 7.52. The lowest BCUT2D eigenvalue weighted by Crippen LogP contribution is -2.43. The number of hydrogen-bond donors (Lipinski definition) is 1. The molecule has 5 nitrogen and oxygen atoms in total. The molecule has 0 aliphatic carbocycles. The number of nitrogens with zero attached hydrogens (tertiary/aromatic N) is 3. The maximum atomic E-state index is 12.7. The Balaban J connectivity index is 1.45. The number of pyridine rings is 1. The van der Waals surface area contributed by atoms with E-state index in [0.717, 1.165) is 54.5 Å². The number of aromatic nitrogens is 2. The normalized spacial score (nSPS) is 20.1. The molecule has 23 heavy (non-hydrogen) atoms. The van der Waals surface area contributed by atoms with Crippen LogP contribution in [0, 0.1) is 5.41 Å². The molecule has 0 aromatic carbocycles. The van der Waals surface area contributed by atoms with Crippen molar-refractivity contribution in [2.45, 2.75) is 19.3 Å². The molecule has 0 atom stereocenters. The average molecular weight is 328 g/mol. The van der Waals surface area contributed by atoms with Crippen molar-refractivity contribution in [3.05, 3.63) is 35.6 Å². The van der Waals surface area contributed by atoms with Gasteiger partial charge in [-0.15, -0.1) is 11.3 Å². The summed E-state index contributed by atoms with van der Waals surface area (Å²) in [6.07, 6.45) is 8.69. The van der Waals surface area contributed by atoms with Gasteiger partial charge in [0.25, 0.3) is 5.91 Å². The number of piperidine rings is 1. The molecular formula is C17H20N4OS. The molecule has 2 aliphatic heterocycles. The number of nitrogens with one attached hydrogen (secondary N) is 1. The zero-order valence-corrected chi connectivity index (χ0v) is 13.8. The van der Waals surface area contributed by atoms with Crippen molar-refractivity contribution in [3.63, 3.8) is 0 Å². The van der Waals surface area contributed by atoms with E-state index in [4.69, 9.17) is 0 Å². The minimum atomic E-state index is 0.128. The van der Waals surface area contributed by atoms with Gasteiger partial charge in [0.05, 0.1) is 6.20 Å². The zero-order chi connectivity index (χ0) is 15.7. The molecule has 0 unspecified atom stereocenters. The maximum Gasteiger partial charge on any atom is 0.265 e. The number of carbonyl (C=O) groups excluding carboxylic acids is 1. The first kappa shape index (κ1) is 14.8. The highest BCUT2D eigenvalue weighted by molar-refractivity contribution is 7.16. The molecule has 2 saturated heterocycles. The third kappa shape index (κ3) is 2.88. The van der Waals surface area contributed by atoms with Crippen molar-refractivity contribution in [1.82, 2.24) is 20.2 Å². The molecule has 0 radical (unpaired) electrons. The lowest BCUT2D eigenvalue weighted by atomic mass is 9.78. The van der Waals surface area contributed by atoms with Gasteiger partial charge in [0, 0.05) is 37.6 Å². The van der Waals surface area contributed by atoms with E-state index in [2.05, 4.69) is 15.3 Å². The molecule has 2 aromatic heterocycles. The lowest BCUT2D eigenvalue weighted by molar-refractivity contribution is 0.0612. The molecule has 4 rings (SSSR count). The van der Waals surface area contributed by atoms with E-state index < -0.39 is 0 Å². The van der Waals surface area contributed by atoms with Gasteiger partial charge in [0.15, 0.2) is 0 Å². The summed E-state index contributed by atoms with van der Waals surface area (Å²) in [7, 11) is 0. The van der Waals surface area contributed by atoms with E-state index in [1.807, 2.05) is 17.0 Å². The van der Waals surface area contributed by atoms with Crippen LogP contribution in [0.5, 0.6) is 0 Å². The number of likely N-dealkylation sites (tertiary alicyclic amines) is 1. The Morgan fingerprint density at radius 1 is 1.22 bits per heavy atom. The highest BCUT2D eigenvalue weighted by atomic mass is 32.1. The highest BCUT2D eigenvalue weighted by Crippen LogP contribution is 2.37. The molecule has 0 bridgehead atoms. The summed E-state index contributed by atoms with van der Waals surface area (Å²) in [6.45, 7) is 3.96. The molecule has 2 aliphatic rings. The molecule has 1 spiro atoms. The summed E-state index contributed by atoms with van der Waals surface area (Å²) in [5, 5.41) is 4.34. The van der Waals surface area contributed by atoms with Gasteiger partial charge in [0.2, 0.25) is 0 Å². The average Bonchev–Trinajstić information content (AvgIpc) is 3.26. The van der Waals surface area contributed by atoms with E-state index in [9.17, 15) is 4.79 Å². The summed E-state index contributed by atoms with van der Waals surface area (Å²) in [5.74, 6) is 0.128. The molecule has 6 heteroatoms. The van der Waals surface area contributed by atoms with Gasteiger partial charge in [-0.3, -0.25) is 9.78 Å². The third-order valence-electron chi connectivity index (χ3n) is 5.09. The second kappa shape index (κ2) is 6.02. The van der Waals surface area contributed by atoms with Crippen LogP contribution in [0.25, 0.3) is 10.6 Å². The van der Waals surface area contributed by atoms with Crippen LogP contribution in [0.2, 0.25) is 0 Å². The molecular weight excluding hydrogens is 308 g/mol. The summed E-state index contributed by atoms with van der Waals surface area (Å²) in [5.41, 5.74) is 1.45. The Morgan fingerprint density at radius 3 is 2.70 bits per heavy atom. The Labute approximate surface area is 139 Å². The third-order valence-corrected chi connectivity index (χ3v) is 6.12. The Bertz CT molecular complexity index is 684. The van der Waals surface area contributed by atoms with E-state index in [0.29, 0.717) is 5.41 Å². The maximum absolute atomic E-state index is 12.7. The number of thiazole rings is 1. The van der Waals surface area contributed by atoms with Crippen LogP contribution in [-0.2, 0) is 0 Å². The van der Waals surface area contributed by atoms with Crippen molar-refractivity contribution in [2.24, 2.45) is 5.41 Å². The molecule has 1 amide bonds. The number of rotatable bonds is 2. The van der Waals surface area contributed by atoms with E-state index >= 15 is 0 Å². The van der Waals surface area contributed by atoms with Crippen molar-refractivity contribution < 1.29 is 4.79 Å². The molecule has 2 aromatic rings. The molecule has 1 N–H and O–H groups in total. The van der Waals surface area contributed by atoms with Crippen molar-refractivity contribution in [3.8, 4) is 10.6 Å². The Hall–Kier alpha value is -1.79. The van der Waals surface area contributed by atoms with E-state index in [-0.39, 0.29) is 5.91 Å². The summed E-state index contributed by atoms with van der Waals surface area (Å²) in [6, 6.07) is 3.84. The Morgan fingerprint density at radius 2 is 2.00 bits per heavy atom. The monoisotopic (exact) mass is 328 g/mol. The number of hydrogen-bond acceptors (Lipinski definition) is 5. The number of amides is 1. The van der Waals surface area contributed by atoms with E-state index in [1.54, 1.807) is 18.6 Å². The van der Waals surface area contributed by atoms with Gasteiger partial charge in [-0.2, -0.15) is 0 Å². The topological polar surface area (TPSA) is 58.1 Å². The van der Waals surface area contributed by atoms with Crippen LogP contribution in [0.3, 0.4) is 0 Å².